The second kappa shape index (κ2) is 9.79. The lowest BCUT2D eigenvalue weighted by Crippen LogP contribution is -2.40. The molecule has 1 aliphatic rings. The molecule has 0 saturated carbocycles. The summed E-state index contributed by atoms with van der Waals surface area (Å²) >= 11 is 1.69. The lowest BCUT2D eigenvalue weighted by molar-refractivity contribution is -0.137. The molecule has 8 heteroatoms. The topological polar surface area (TPSA) is 49.4 Å². The van der Waals surface area contributed by atoms with Crippen molar-refractivity contribution in [2.45, 2.75) is 38.0 Å². The number of benzene rings is 2. The van der Waals surface area contributed by atoms with E-state index in [1.165, 1.54) is 17.0 Å². The van der Waals surface area contributed by atoms with Crippen LogP contribution in [0.15, 0.2) is 66.0 Å². The number of carbonyl (C=O) groups is 2. The smallest absolute Gasteiger partial charge is 0.352 e. The van der Waals surface area contributed by atoms with Crippen molar-refractivity contribution in [1.82, 2.24) is 10.2 Å². The Balaban J connectivity index is 1.45. The number of amides is 2. The molecule has 2 heterocycles. The summed E-state index contributed by atoms with van der Waals surface area (Å²) in [6, 6.07) is 16.0. The van der Waals surface area contributed by atoms with Crippen LogP contribution >= 0.6 is 11.3 Å². The summed E-state index contributed by atoms with van der Waals surface area (Å²) in [6.45, 7) is 1.08. The zero-order valence-electron chi connectivity index (χ0n) is 17.8. The van der Waals surface area contributed by atoms with E-state index in [0.717, 1.165) is 29.7 Å². The summed E-state index contributed by atoms with van der Waals surface area (Å²) in [7, 11) is 0. The van der Waals surface area contributed by atoms with Gasteiger partial charge >= 0.3 is 6.18 Å². The van der Waals surface area contributed by atoms with Crippen molar-refractivity contribution in [3.63, 3.8) is 0 Å². The maximum Gasteiger partial charge on any atom is 0.416 e. The highest BCUT2D eigenvalue weighted by molar-refractivity contribution is 7.10. The molecule has 0 spiro atoms. The van der Waals surface area contributed by atoms with Gasteiger partial charge in [-0.15, -0.1) is 11.3 Å². The predicted octanol–water partition coefficient (Wildman–Crippen LogP) is 5.14. The van der Waals surface area contributed by atoms with E-state index in [2.05, 4.69) is 5.32 Å². The molecule has 1 atom stereocenters. The number of fused-ring (bicyclic) bond motifs is 1. The molecule has 4 nitrogen and oxygen atoms in total. The van der Waals surface area contributed by atoms with E-state index in [0.29, 0.717) is 18.7 Å². The van der Waals surface area contributed by atoms with Crippen LogP contribution in [0.2, 0.25) is 0 Å². The van der Waals surface area contributed by atoms with Gasteiger partial charge < -0.3 is 10.2 Å². The minimum atomic E-state index is -4.44. The predicted molar refractivity (Wildman–Crippen MR) is 121 cm³/mol. The van der Waals surface area contributed by atoms with Crippen LogP contribution in [0, 0.1) is 0 Å². The van der Waals surface area contributed by atoms with Crippen LogP contribution in [0.5, 0.6) is 0 Å². The fraction of sp³-hybridized carbons (Fsp3) is 0.280. The van der Waals surface area contributed by atoms with Gasteiger partial charge in [-0.3, -0.25) is 9.59 Å². The van der Waals surface area contributed by atoms with Crippen molar-refractivity contribution in [3.8, 4) is 0 Å². The number of nitrogens with one attached hydrogen (secondary N) is 1. The zero-order valence-corrected chi connectivity index (χ0v) is 18.6. The van der Waals surface area contributed by atoms with Gasteiger partial charge in [0.1, 0.15) is 0 Å². The second-order valence-corrected chi connectivity index (χ2v) is 9.02. The number of carbonyl (C=O) groups excluding carboxylic acids is 2. The maximum absolute atomic E-state index is 13.4. The summed E-state index contributed by atoms with van der Waals surface area (Å²) in [6.07, 6.45) is -3.72. The SMILES string of the molecule is O=C(CC(C(=O)N1CCc2sccc2C1)c1ccccc1)NCc1cccc(C(F)(F)F)c1. The van der Waals surface area contributed by atoms with Crippen LogP contribution in [-0.2, 0) is 35.3 Å². The molecule has 1 unspecified atom stereocenters. The van der Waals surface area contributed by atoms with Gasteiger partial charge in [-0.2, -0.15) is 13.2 Å². The number of hydrogen-bond donors (Lipinski definition) is 1. The Kier molecular flexibility index (Phi) is 6.83. The molecule has 1 aliphatic heterocycles. The van der Waals surface area contributed by atoms with Gasteiger partial charge in [-0.25, -0.2) is 0 Å². The summed E-state index contributed by atoms with van der Waals surface area (Å²) in [5, 5.41) is 4.69. The third-order valence-electron chi connectivity index (χ3n) is 5.75. The van der Waals surface area contributed by atoms with Crippen molar-refractivity contribution in [2.75, 3.05) is 6.54 Å². The first-order valence-corrected chi connectivity index (χ1v) is 11.5. The Morgan fingerprint density at radius 2 is 1.85 bits per heavy atom. The van der Waals surface area contributed by atoms with Gasteiger partial charge in [0.2, 0.25) is 11.8 Å². The lowest BCUT2D eigenvalue weighted by Gasteiger charge is -2.30. The molecular formula is C25H23F3N2O2S. The number of halogens is 3. The molecule has 0 bridgehead atoms. The first-order chi connectivity index (χ1) is 15.8. The lowest BCUT2D eigenvalue weighted by atomic mass is 9.93. The molecule has 4 rings (SSSR count). The fourth-order valence-corrected chi connectivity index (χ4v) is 4.90. The highest BCUT2D eigenvalue weighted by atomic mass is 32.1. The Bertz CT molecular complexity index is 1130. The molecule has 0 radical (unpaired) electrons. The van der Waals surface area contributed by atoms with Gasteiger partial charge in [0, 0.05) is 30.9 Å². The number of hydrogen-bond acceptors (Lipinski definition) is 3. The maximum atomic E-state index is 13.4. The van der Waals surface area contributed by atoms with E-state index >= 15 is 0 Å². The average molecular weight is 473 g/mol. The van der Waals surface area contributed by atoms with Crippen molar-refractivity contribution in [3.05, 3.63) is 93.2 Å². The molecule has 0 saturated heterocycles. The molecular weight excluding hydrogens is 449 g/mol. The first-order valence-electron chi connectivity index (χ1n) is 10.6. The zero-order chi connectivity index (χ0) is 23.4. The minimum absolute atomic E-state index is 0.0412. The molecule has 1 aromatic heterocycles. The Morgan fingerprint density at radius 1 is 1.06 bits per heavy atom. The van der Waals surface area contributed by atoms with Crippen LogP contribution in [0.1, 0.15) is 39.5 Å². The van der Waals surface area contributed by atoms with Crippen molar-refractivity contribution in [2.24, 2.45) is 0 Å². The molecule has 33 heavy (non-hydrogen) atoms. The van der Waals surface area contributed by atoms with Crippen LogP contribution < -0.4 is 5.32 Å². The van der Waals surface area contributed by atoms with E-state index in [9.17, 15) is 22.8 Å². The van der Waals surface area contributed by atoms with Crippen LogP contribution in [-0.4, -0.2) is 23.3 Å². The summed E-state index contributed by atoms with van der Waals surface area (Å²) in [5.74, 6) is -1.16. The van der Waals surface area contributed by atoms with Crippen molar-refractivity contribution in [1.29, 1.82) is 0 Å². The highest BCUT2D eigenvalue weighted by Crippen LogP contribution is 2.30. The van der Waals surface area contributed by atoms with Gasteiger partial charge in [0.05, 0.1) is 11.5 Å². The van der Waals surface area contributed by atoms with Gasteiger partial charge in [0.25, 0.3) is 0 Å². The van der Waals surface area contributed by atoms with Gasteiger partial charge in [-0.1, -0.05) is 42.5 Å². The Hall–Kier alpha value is -3.13. The third kappa shape index (κ3) is 5.63. The van der Waals surface area contributed by atoms with Crippen LogP contribution in [0.25, 0.3) is 0 Å². The number of nitrogens with zero attached hydrogens (tertiary/aromatic N) is 1. The normalized spacial score (nSPS) is 14.5. The number of alkyl halides is 3. The van der Waals surface area contributed by atoms with E-state index < -0.39 is 17.7 Å². The molecule has 2 aromatic carbocycles. The molecule has 172 valence electrons. The molecule has 0 aliphatic carbocycles. The molecule has 2 amide bonds. The van der Waals surface area contributed by atoms with Crippen molar-refractivity contribution >= 4 is 23.2 Å². The summed E-state index contributed by atoms with van der Waals surface area (Å²) in [4.78, 5) is 29.2. The molecule has 0 fully saturated rings. The summed E-state index contributed by atoms with van der Waals surface area (Å²) < 4.78 is 38.8. The highest BCUT2D eigenvalue weighted by Gasteiger charge is 2.31. The average Bonchev–Trinajstić information content (AvgIpc) is 3.29. The monoisotopic (exact) mass is 472 g/mol. The van der Waals surface area contributed by atoms with Crippen LogP contribution in [0.3, 0.4) is 0 Å². The van der Waals surface area contributed by atoms with E-state index in [1.54, 1.807) is 16.2 Å². The standard InChI is InChI=1S/C25H23F3N2O2S/c26-25(27,28)20-8-4-5-17(13-20)15-29-23(31)14-21(18-6-2-1-3-7-18)24(32)30-11-9-22-19(16-30)10-12-33-22/h1-8,10,12-13,21H,9,11,14-16H2,(H,29,31). The number of rotatable bonds is 6. The van der Waals surface area contributed by atoms with Gasteiger partial charge in [-0.05, 0) is 46.7 Å². The van der Waals surface area contributed by atoms with E-state index in [1.807, 2.05) is 41.8 Å². The fourth-order valence-electron chi connectivity index (χ4n) is 4.01. The molecule has 1 N–H and O–H groups in total. The molecule has 3 aromatic rings. The Labute approximate surface area is 194 Å². The largest absolute Gasteiger partial charge is 0.416 e. The van der Waals surface area contributed by atoms with E-state index in [-0.39, 0.29) is 24.8 Å². The Morgan fingerprint density at radius 3 is 2.61 bits per heavy atom. The minimum Gasteiger partial charge on any atom is -0.352 e. The van der Waals surface area contributed by atoms with Crippen LogP contribution in [0.4, 0.5) is 13.2 Å². The second-order valence-electron chi connectivity index (χ2n) is 8.02. The number of thiophene rings is 1. The quantitative estimate of drug-likeness (QED) is 0.540. The van der Waals surface area contributed by atoms with Crippen molar-refractivity contribution < 1.29 is 22.8 Å². The third-order valence-corrected chi connectivity index (χ3v) is 6.78. The van der Waals surface area contributed by atoms with Gasteiger partial charge in [0.15, 0.2) is 0 Å². The summed E-state index contributed by atoms with van der Waals surface area (Å²) in [5.41, 5.74) is 1.47. The van der Waals surface area contributed by atoms with E-state index in [4.69, 9.17) is 0 Å². The first kappa shape index (κ1) is 23.0.